The van der Waals surface area contributed by atoms with Crippen LogP contribution in [0.15, 0.2) is 23.2 Å². The number of aryl methyl sites for hydroxylation is 1. The van der Waals surface area contributed by atoms with Crippen LogP contribution in [-0.4, -0.2) is 28.6 Å². The first kappa shape index (κ1) is 12.5. The lowest BCUT2D eigenvalue weighted by molar-refractivity contribution is 0.373. The molecule has 1 heterocycles. The number of phenols is 1. The van der Waals surface area contributed by atoms with Crippen LogP contribution >= 0.6 is 11.3 Å². The van der Waals surface area contributed by atoms with Crippen molar-refractivity contribution in [2.24, 2.45) is 4.99 Å². The molecular weight excluding hydrogens is 250 g/mol. The van der Waals surface area contributed by atoms with E-state index < -0.39 is 0 Å². The zero-order valence-electron chi connectivity index (χ0n) is 10.1. The summed E-state index contributed by atoms with van der Waals surface area (Å²) in [4.78, 5) is 4.19. The van der Waals surface area contributed by atoms with Gasteiger partial charge in [-0.3, -0.25) is 0 Å². The van der Waals surface area contributed by atoms with Gasteiger partial charge in [0.2, 0.25) is 5.13 Å². The van der Waals surface area contributed by atoms with E-state index in [2.05, 4.69) is 15.2 Å². The number of hydrogen-bond donors (Lipinski definition) is 1. The molecule has 0 amide bonds. The van der Waals surface area contributed by atoms with E-state index in [0.29, 0.717) is 16.4 Å². The molecule has 1 aromatic carbocycles. The molecule has 5 nitrogen and oxygen atoms in total. The number of aromatic hydroxyl groups is 1. The molecule has 1 N–H and O–H groups in total. The first-order chi connectivity index (χ1) is 8.74. The molecule has 0 aliphatic rings. The van der Waals surface area contributed by atoms with Crippen molar-refractivity contribution in [2.45, 2.75) is 13.3 Å². The number of methoxy groups -OCH3 is 1. The average Bonchev–Trinajstić information content (AvgIpc) is 2.85. The van der Waals surface area contributed by atoms with Gasteiger partial charge in [0.05, 0.1) is 7.11 Å². The summed E-state index contributed by atoms with van der Waals surface area (Å²) >= 11 is 1.43. The van der Waals surface area contributed by atoms with Crippen LogP contribution in [0.2, 0.25) is 0 Å². The number of hydrogen-bond acceptors (Lipinski definition) is 6. The van der Waals surface area contributed by atoms with Crippen molar-refractivity contribution < 1.29 is 9.84 Å². The molecule has 0 fully saturated rings. The lowest BCUT2D eigenvalue weighted by atomic mass is 10.2. The first-order valence-electron chi connectivity index (χ1n) is 5.47. The molecule has 94 valence electrons. The second kappa shape index (κ2) is 5.59. The smallest absolute Gasteiger partial charge is 0.231 e. The van der Waals surface area contributed by atoms with Gasteiger partial charge in [0, 0.05) is 11.8 Å². The van der Waals surface area contributed by atoms with Gasteiger partial charge in [-0.15, -0.1) is 10.2 Å². The Bertz CT molecular complexity index is 566. The summed E-state index contributed by atoms with van der Waals surface area (Å²) in [5.74, 6) is 0.495. The van der Waals surface area contributed by atoms with Gasteiger partial charge in [-0.2, -0.15) is 0 Å². The number of benzene rings is 1. The van der Waals surface area contributed by atoms with Gasteiger partial charge >= 0.3 is 0 Å². The minimum Gasteiger partial charge on any atom is -0.504 e. The van der Waals surface area contributed by atoms with Crippen molar-refractivity contribution in [1.29, 1.82) is 0 Å². The van der Waals surface area contributed by atoms with Crippen LogP contribution in [0.5, 0.6) is 11.5 Å². The van der Waals surface area contributed by atoms with Crippen LogP contribution in [0.3, 0.4) is 0 Å². The normalized spacial score (nSPS) is 11.0. The number of para-hydroxylation sites is 1. The number of ether oxygens (including phenoxy) is 1. The zero-order chi connectivity index (χ0) is 13.0. The summed E-state index contributed by atoms with van der Waals surface area (Å²) in [6, 6.07) is 5.23. The Kier molecular flexibility index (Phi) is 3.88. The zero-order valence-corrected chi connectivity index (χ0v) is 10.9. The summed E-state index contributed by atoms with van der Waals surface area (Å²) in [7, 11) is 1.51. The fraction of sp³-hybridized carbons (Fsp3) is 0.250. The standard InChI is InChI=1S/C12H13N3O2S/c1-3-10-14-15-12(18-10)13-7-8-5-4-6-9(17-2)11(8)16/h4-7,16H,3H2,1-2H3. The molecule has 0 radical (unpaired) electrons. The highest BCUT2D eigenvalue weighted by atomic mass is 32.1. The van der Waals surface area contributed by atoms with Crippen LogP contribution in [-0.2, 0) is 6.42 Å². The van der Waals surface area contributed by atoms with Gasteiger partial charge in [0.25, 0.3) is 0 Å². The molecule has 0 aliphatic carbocycles. The van der Waals surface area contributed by atoms with Gasteiger partial charge in [0.15, 0.2) is 11.5 Å². The van der Waals surface area contributed by atoms with Crippen LogP contribution in [0, 0.1) is 0 Å². The minimum atomic E-state index is 0.0731. The second-order valence-electron chi connectivity index (χ2n) is 3.49. The van der Waals surface area contributed by atoms with Gasteiger partial charge in [0.1, 0.15) is 5.01 Å². The maximum absolute atomic E-state index is 9.87. The van der Waals surface area contributed by atoms with E-state index in [1.54, 1.807) is 24.4 Å². The van der Waals surface area contributed by atoms with Gasteiger partial charge in [-0.1, -0.05) is 24.3 Å². The Morgan fingerprint density at radius 3 is 2.94 bits per heavy atom. The van der Waals surface area contributed by atoms with Gasteiger partial charge < -0.3 is 9.84 Å². The van der Waals surface area contributed by atoms with Gasteiger partial charge in [-0.25, -0.2) is 4.99 Å². The number of phenolic OH excluding ortho intramolecular Hbond substituents is 1. The van der Waals surface area contributed by atoms with E-state index in [9.17, 15) is 5.11 Å². The molecule has 0 atom stereocenters. The fourth-order valence-corrected chi connectivity index (χ4v) is 2.00. The Hall–Kier alpha value is -1.95. The summed E-state index contributed by atoms with van der Waals surface area (Å²) in [6.45, 7) is 2.02. The van der Waals surface area contributed by atoms with Crippen LogP contribution in [0.4, 0.5) is 5.13 Å². The monoisotopic (exact) mass is 263 g/mol. The third-order valence-electron chi connectivity index (χ3n) is 2.32. The largest absolute Gasteiger partial charge is 0.504 e. The van der Waals surface area contributed by atoms with Crippen molar-refractivity contribution in [3.63, 3.8) is 0 Å². The molecule has 2 rings (SSSR count). The molecule has 0 spiro atoms. The summed E-state index contributed by atoms with van der Waals surface area (Å²) in [5, 5.41) is 19.3. The molecule has 18 heavy (non-hydrogen) atoms. The summed E-state index contributed by atoms with van der Waals surface area (Å²) in [5.41, 5.74) is 0.586. The number of aromatic nitrogens is 2. The van der Waals surface area contributed by atoms with Crippen molar-refractivity contribution in [3.05, 3.63) is 28.8 Å². The minimum absolute atomic E-state index is 0.0731. The first-order valence-corrected chi connectivity index (χ1v) is 6.28. The lowest BCUT2D eigenvalue weighted by Gasteiger charge is -2.04. The Morgan fingerprint density at radius 1 is 1.44 bits per heavy atom. The van der Waals surface area contributed by atoms with E-state index in [-0.39, 0.29) is 5.75 Å². The molecule has 6 heteroatoms. The molecule has 0 unspecified atom stereocenters. The molecule has 0 aliphatic heterocycles. The lowest BCUT2D eigenvalue weighted by Crippen LogP contribution is -1.88. The van der Waals surface area contributed by atoms with Crippen LogP contribution in [0.1, 0.15) is 17.5 Å². The molecule has 1 aromatic heterocycles. The van der Waals surface area contributed by atoms with Crippen molar-refractivity contribution in [2.75, 3.05) is 7.11 Å². The summed E-state index contributed by atoms with van der Waals surface area (Å²) < 4.78 is 5.02. The predicted octanol–water partition coefficient (Wildman–Crippen LogP) is 2.57. The van der Waals surface area contributed by atoms with Crippen LogP contribution < -0.4 is 4.74 Å². The molecule has 0 bridgehead atoms. The fourth-order valence-electron chi connectivity index (χ4n) is 1.37. The van der Waals surface area contributed by atoms with Crippen molar-refractivity contribution in [3.8, 4) is 11.5 Å². The molecule has 2 aromatic rings. The summed E-state index contributed by atoms with van der Waals surface area (Å²) in [6.07, 6.45) is 2.40. The van der Waals surface area contributed by atoms with E-state index in [4.69, 9.17) is 4.74 Å². The maximum Gasteiger partial charge on any atom is 0.231 e. The van der Waals surface area contributed by atoms with Crippen molar-refractivity contribution >= 4 is 22.7 Å². The van der Waals surface area contributed by atoms with Crippen molar-refractivity contribution in [1.82, 2.24) is 10.2 Å². The van der Waals surface area contributed by atoms with E-state index in [1.807, 2.05) is 6.92 Å². The Labute approximate surface area is 109 Å². The number of nitrogens with zero attached hydrogens (tertiary/aromatic N) is 3. The topological polar surface area (TPSA) is 67.6 Å². The quantitative estimate of drug-likeness (QED) is 0.861. The third kappa shape index (κ3) is 2.65. The molecular formula is C12H13N3O2S. The number of aliphatic imine (C=N–C) groups is 1. The Morgan fingerprint density at radius 2 is 2.28 bits per heavy atom. The highest BCUT2D eigenvalue weighted by Crippen LogP contribution is 2.28. The van der Waals surface area contributed by atoms with Crippen LogP contribution in [0.25, 0.3) is 0 Å². The highest BCUT2D eigenvalue weighted by molar-refractivity contribution is 7.14. The van der Waals surface area contributed by atoms with E-state index in [0.717, 1.165) is 11.4 Å². The molecule has 0 saturated heterocycles. The molecule has 0 saturated carbocycles. The third-order valence-corrected chi connectivity index (χ3v) is 3.30. The number of rotatable bonds is 4. The predicted molar refractivity (Wildman–Crippen MR) is 71.2 cm³/mol. The van der Waals surface area contributed by atoms with E-state index in [1.165, 1.54) is 18.4 Å². The van der Waals surface area contributed by atoms with E-state index >= 15 is 0 Å². The Balaban J connectivity index is 2.23. The average molecular weight is 263 g/mol. The SMILES string of the molecule is CCc1nnc(N=Cc2cccc(OC)c2O)s1. The maximum atomic E-state index is 9.87. The second-order valence-corrected chi connectivity index (χ2v) is 4.53. The van der Waals surface area contributed by atoms with Gasteiger partial charge in [-0.05, 0) is 18.6 Å². The highest BCUT2D eigenvalue weighted by Gasteiger charge is 2.05.